The number of carbonyl (C=O) groups excluding carboxylic acids is 4. The van der Waals surface area contributed by atoms with Gasteiger partial charge in [0, 0.05) is 27.6 Å². The molecule has 4 amide bonds. The number of imide groups is 1. The number of rotatable bonds is 8. The number of anilines is 2. The number of carbonyl (C=O) groups is 4. The molecular formula is C32H23ClFN3O4S. The van der Waals surface area contributed by atoms with Crippen molar-refractivity contribution in [1.29, 1.82) is 0 Å². The van der Waals surface area contributed by atoms with Crippen molar-refractivity contribution < 1.29 is 23.6 Å². The number of amides is 4. The summed E-state index contributed by atoms with van der Waals surface area (Å²) in [4.78, 5) is 53.5. The van der Waals surface area contributed by atoms with Crippen molar-refractivity contribution in [2.24, 2.45) is 0 Å². The van der Waals surface area contributed by atoms with E-state index in [1.807, 2.05) is 0 Å². The zero-order chi connectivity index (χ0) is 29.6. The van der Waals surface area contributed by atoms with Crippen LogP contribution in [0.15, 0.2) is 114 Å². The highest BCUT2D eigenvalue weighted by molar-refractivity contribution is 8.00. The molecule has 4 aromatic carbocycles. The van der Waals surface area contributed by atoms with E-state index in [1.165, 1.54) is 47.0 Å². The minimum atomic E-state index is -0.591. The number of halogens is 2. The number of nitrogens with one attached hydrogen (secondary N) is 2. The summed E-state index contributed by atoms with van der Waals surface area (Å²) in [6, 6.07) is 27.2. The van der Waals surface area contributed by atoms with Gasteiger partial charge in [0.2, 0.25) is 11.8 Å². The monoisotopic (exact) mass is 599 g/mol. The molecule has 0 bridgehead atoms. The van der Waals surface area contributed by atoms with E-state index >= 15 is 0 Å². The molecule has 0 aromatic heterocycles. The Balaban J connectivity index is 1.27. The van der Waals surface area contributed by atoms with Crippen molar-refractivity contribution in [3.8, 4) is 0 Å². The van der Waals surface area contributed by atoms with E-state index in [0.29, 0.717) is 27.5 Å². The Morgan fingerprint density at radius 1 is 0.881 bits per heavy atom. The Morgan fingerprint density at radius 2 is 1.55 bits per heavy atom. The fourth-order valence-electron chi connectivity index (χ4n) is 4.21. The van der Waals surface area contributed by atoms with Gasteiger partial charge < -0.3 is 10.6 Å². The lowest BCUT2D eigenvalue weighted by atomic mass is 10.1. The Kier molecular flexibility index (Phi) is 8.80. The highest BCUT2D eigenvalue weighted by atomic mass is 35.5. The maximum Gasteiger partial charge on any atom is 0.272 e. The van der Waals surface area contributed by atoms with Gasteiger partial charge >= 0.3 is 0 Å². The summed E-state index contributed by atoms with van der Waals surface area (Å²) in [5.41, 5.74) is 1.77. The summed E-state index contributed by atoms with van der Waals surface area (Å²) in [5, 5.41) is 5.31. The molecule has 0 radical (unpaired) electrons. The Morgan fingerprint density at radius 3 is 2.21 bits per heavy atom. The van der Waals surface area contributed by atoms with Crippen LogP contribution in [-0.2, 0) is 14.4 Å². The van der Waals surface area contributed by atoms with Gasteiger partial charge in [-0.3, -0.25) is 19.2 Å². The standard InChI is InChI=1S/C32H23ClFN3O4S/c33-22-8-14-25(15-9-22)37-29(38)19-28(32(37)41)42-26-16-12-24(13-17-26)35-31(40)27(18-20-6-10-23(34)11-7-20)36-30(39)21-4-2-1-3-5-21/h1-18,28H,19H2,(H,35,40)(H,36,39)/b27-18-. The van der Waals surface area contributed by atoms with Crippen LogP contribution in [0.4, 0.5) is 15.8 Å². The van der Waals surface area contributed by atoms with Crippen molar-refractivity contribution >= 4 is 64.4 Å². The van der Waals surface area contributed by atoms with E-state index < -0.39 is 22.9 Å². The van der Waals surface area contributed by atoms with Gasteiger partial charge in [0.05, 0.1) is 10.9 Å². The largest absolute Gasteiger partial charge is 0.321 e. The molecule has 2 N–H and O–H groups in total. The lowest BCUT2D eigenvalue weighted by Gasteiger charge is -2.15. The van der Waals surface area contributed by atoms with Crippen LogP contribution >= 0.6 is 23.4 Å². The van der Waals surface area contributed by atoms with Gasteiger partial charge in [0.1, 0.15) is 11.5 Å². The van der Waals surface area contributed by atoms with Crippen LogP contribution in [0, 0.1) is 5.82 Å². The number of benzene rings is 4. The van der Waals surface area contributed by atoms with Crippen molar-refractivity contribution in [2.45, 2.75) is 16.6 Å². The van der Waals surface area contributed by atoms with Crippen LogP contribution in [0.2, 0.25) is 5.02 Å². The molecule has 210 valence electrons. The predicted octanol–water partition coefficient (Wildman–Crippen LogP) is 6.31. The Hall–Kier alpha value is -4.73. The van der Waals surface area contributed by atoms with Gasteiger partial charge in [0.15, 0.2) is 0 Å². The number of hydrogen-bond donors (Lipinski definition) is 2. The predicted molar refractivity (Wildman–Crippen MR) is 162 cm³/mol. The molecule has 1 fully saturated rings. The zero-order valence-electron chi connectivity index (χ0n) is 21.9. The molecule has 1 atom stereocenters. The lowest BCUT2D eigenvalue weighted by Crippen LogP contribution is -2.31. The van der Waals surface area contributed by atoms with Gasteiger partial charge in [-0.25, -0.2) is 9.29 Å². The van der Waals surface area contributed by atoms with Gasteiger partial charge in [-0.15, -0.1) is 11.8 Å². The highest BCUT2D eigenvalue weighted by Crippen LogP contribution is 2.34. The molecule has 0 spiro atoms. The molecule has 1 heterocycles. The van der Waals surface area contributed by atoms with Crippen molar-refractivity contribution in [1.82, 2.24) is 5.32 Å². The average molecular weight is 600 g/mol. The summed E-state index contributed by atoms with van der Waals surface area (Å²) in [6.45, 7) is 0. The van der Waals surface area contributed by atoms with Crippen LogP contribution in [-0.4, -0.2) is 28.9 Å². The molecule has 10 heteroatoms. The first-order valence-corrected chi connectivity index (χ1v) is 14.1. The molecule has 42 heavy (non-hydrogen) atoms. The number of hydrogen-bond acceptors (Lipinski definition) is 5. The quantitative estimate of drug-likeness (QED) is 0.183. The van der Waals surface area contributed by atoms with E-state index in [1.54, 1.807) is 78.9 Å². The second kappa shape index (κ2) is 12.8. The van der Waals surface area contributed by atoms with Crippen molar-refractivity contribution in [3.05, 3.63) is 131 Å². The van der Waals surface area contributed by atoms with Gasteiger partial charge in [-0.05, 0) is 84.4 Å². The van der Waals surface area contributed by atoms with Crippen LogP contribution in [0.1, 0.15) is 22.3 Å². The molecule has 4 aromatic rings. The maximum atomic E-state index is 13.4. The Labute approximate surface area is 250 Å². The molecule has 1 unspecified atom stereocenters. The third kappa shape index (κ3) is 6.94. The van der Waals surface area contributed by atoms with Crippen molar-refractivity contribution in [3.63, 3.8) is 0 Å². The summed E-state index contributed by atoms with van der Waals surface area (Å²) in [5.74, 6) is -2.09. The first-order chi connectivity index (χ1) is 20.3. The molecule has 1 saturated heterocycles. The number of nitrogens with zero attached hydrogens (tertiary/aromatic N) is 1. The van der Waals surface area contributed by atoms with E-state index in [4.69, 9.17) is 11.6 Å². The first kappa shape index (κ1) is 28.8. The highest BCUT2D eigenvalue weighted by Gasteiger charge is 2.40. The van der Waals surface area contributed by atoms with E-state index in [-0.39, 0.29) is 23.9 Å². The molecule has 1 aliphatic heterocycles. The second-order valence-corrected chi connectivity index (χ2v) is 11.0. The number of thioether (sulfide) groups is 1. The normalized spacial score (nSPS) is 15.0. The average Bonchev–Trinajstić information content (AvgIpc) is 3.27. The molecular weight excluding hydrogens is 577 g/mol. The third-order valence-corrected chi connectivity index (χ3v) is 7.74. The van der Waals surface area contributed by atoms with Gasteiger partial charge in [-0.2, -0.15) is 0 Å². The Bertz CT molecular complexity index is 1660. The molecule has 0 saturated carbocycles. The summed E-state index contributed by atoms with van der Waals surface area (Å²) < 4.78 is 13.4. The topological polar surface area (TPSA) is 95.6 Å². The SMILES string of the molecule is O=C(Nc1ccc(SC2CC(=O)N(c3ccc(Cl)cc3)C2=O)cc1)/C(=C/c1ccc(F)cc1)NC(=O)c1ccccc1. The lowest BCUT2D eigenvalue weighted by molar-refractivity contribution is -0.121. The smallest absolute Gasteiger partial charge is 0.272 e. The minimum Gasteiger partial charge on any atom is -0.321 e. The molecule has 7 nitrogen and oxygen atoms in total. The van der Waals surface area contributed by atoms with E-state index in [2.05, 4.69) is 10.6 Å². The summed E-state index contributed by atoms with van der Waals surface area (Å²) in [7, 11) is 0. The summed E-state index contributed by atoms with van der Waals surface area (Å²) >= 11 is 7.18. The van der Waals surface area contributed by atoms with Crippen molar-refractivity contribution in [2.75, 3.05) is 10.2 Å². The minimum absolute atomic E-state index is 0.0359. The fraction of sp³-hybridized carbons (Fsp3) is 0.0625. The van der Waals surface area contributed by atoms with Crippen LogP contribution in [0.3, 0.4) is 0 Å². The van der Waals surface area contributed by atoms with E-state index in [9.17, 15) is 23.6 Å². The van der Waals surface area contributed by atoms with Gasteiger partial charge in [-0.1, -0.05) is 41.9 Å². The molecule has 5 rings (SSSR count). The second-order valence-electron chi connectivity index (χ2n) is 9.26. The van der Waals surface area contributed by atoms with E-state index in [0.717, 1.165) is 4.90 Å². The fourth-order valence-corrected chi connectivity index (χ4v) is 5.39. The van der Waals surface area contributed by atoms with Gasteiger partial charge in [0.25, 0.3) is 11.8 Å². The van der Waals surface area contributed by atoms with Crippen LogP contribution in [0.5, 0.6) is 0 Å². The summed E-state index contributed by atoms with van der Waals surface area (Å²) in [6.07, 6.45) is 1.51. The van der Waals surface area contributed by atoms with Crippen LogP contribution in [0.25, 0.3) is 6.08 Å². The molecule has 1 aliphatic rings. The maximum absolute atomic E-state index is 13.4. The first-order valence-electron chi connectivity index (χ1n) is 12.8. The van der Waals surface area contributed by atoms with Crippen LogP contribution < -0.4 is 15.5 Å². The third-order valence-electron chi connectivity index (χ3n) is 6.29. The molecule has 0 aliphatic carbocycles. The zero-order valence-corrected chi connectivity index (χ0v) is 23.5.